The third-order valence-electron chi connectivity index (χ3n) is 3.02. The summed E-state index contributed by atoms with van der Waals surface area (Å²) >= 11 is 2.00. The van der Waals surface area contributed by atoms with Gasteiger partial charge in [0.05, 0.1) is 0 Å². The molecule has 2 rings (SSSR count). The van der Waals surface area contributed by atoms with Crippen molar-refractivity contribution >= 4 is 11.8 Å². The summed E-state index contributed by atoms with van der Waals surface area (Å²) < 4.78 is 13.4. The Balaban J connectivity index is 1.98. The van der Waals surface area contributed by atoms with Crippen LogP contribution in [0, 0.1) is 19.7 Å². The number of aryl methyl sites for hydroxylation is 2. The molecule has 3 heteroatoms. The van der Waals surface area contributed by atoms with Crippen LogP contribution in [0.25, 0.3) is 0 Å². The molecule has 0 aromatic heterocycles. The van der Waals surface area contributed by atoms with E-state index < -0.39 is 0 Å². The van der Waals surface area contributed by atoms with E-state index in [0.29, 0.717) is 6.04 Å². The lowest BCUT2D eigenvalue weighted by Gasteiger charge is -2.12. The molecule has 1 aromatic rings. The van der Waals surface area contributed by atoms with Crippen molar-refractivity contribution < 1.29 is 4.39 Å². The average molecular weight is 239 g/mol. The van der Waals surface area contributed by atoms with Gasteiger partial charge >= 0.3 is 0 Å². The second-order valence-corrected chi connectivity index (χ2v) is 5.63. The Morgan fingerprint density at radius 2 is 2.06 bits per heavy atom. The molecule has 0 radical (unpaired) electrons. The lowest BCUT2D eigenvalue weighted by molar-refractivity contribution is 0.555. The van der Waals surface area contributed by atoms with Crippen LogP contribution in [-0.4, -0.2) is 17.5 Å². The molecule has 1 heterocycles. The van der Waals surface area contributed by atoms with Crippen molar-refractivity contribution in [3.05, 3.63) is 34.6 Å². The van der Waals surface area contributed by atoms with E-state index in [1.54, 1.807) is 0 Å². The third kappa shape index (κ3) is 2.77. The van der Waals surface area contributed by atoms with E-state index in [9.17, 15) is 4.39 Å². The second-order valence-electron chi connectivity index (χ2n) is 4.49. The molecule has 0 bridgehead atoms. The molecule has 88 valence electrons. The molecule has 0 saturated carbocycles. The van der Waals surface area contributed by atoms with Crippen molar-refractivity contribution in [2.24, 2.45) is 0 Å². The highest BCUT2D eigenvalue weighted by molar-refractivity contribution is 7.99. The molecule has 1 unspecified atom stereocenters. The van der Waals surface area contributed by atoms with E-state index in [-0.39, 0.29) is 5.82 Å². The molecule has 0 aliphatic carbocycles. The first-order chi connectivity index (χ1) is 7.66. The predicted octanol–water partition coefficient (Wildman–Crippen LogP) is 3.04. The molecule has 1 aliphatic rings. The zero-order valence-electron chi connectivity index (χ0n) is 9.85. The molecule has 1 atom stereocenters. The largest absolute Gasteiger partial charge is 0.309 e. The average Bonchev–Trinajstić information content (AvgIpc) is 2.75. The maximum atomic E-state index is 13.4. The maximum absolute atomic E-state index is 13.4. The fourth-order valence-electron chi connectivity index (χ4n) is 2.10. The minimum Gasteiger partial charge on any atom is -0.309 e. The second kappa shape index (κ2) is 5.19. The zero-order valence-corrected chi connectivity index (χ0v) is 10.7. The Morgan fingerprint density at radius 1 is 1.38 bits per heavy atom. The van der Waals surface area contributed by atoms with Gasteiger partial charge in [0.25, 0.3) is 0 Å². The lowest BCUT2D eigenvalue weighted by atomic mass is 10.1. The fourth-order valence-corrected chi connectivity index (χ4v) is 3.28. The van der Waals surface area contributed by atoms with Crippen molar-refractivity contribution in [3.8, 4) is 0 Å². The van der Waals surface area contributed by atoms with Gasteiger partial charge in [-0.15, -0.1) is 0 Å². The topological polar surface area (TPSA) is 12.0 Å². The van der Waals surface area contributed by atoms with Crippen molar-refractivity contribution in [1.82, 2.24) is 5.32 Å². The zero-order chi connectivity index (χ0) is 11.5. The predicted molar refractivity (Wildman–Crippen MR) is 68.4 cm³/mol. The van der Waals surface area contributed by atoms with Gasteiger partial charge in [0.1, 0.15) is 5.82 Å². The Bertz CT molecular complexity index is 349. The fraction of sp³-hybridized carbons (Fsp3) is 0.538. The van der Waals surface area contributed by atoms with Gasteiger partial charge in [-0.05, 0) is 42.7 Å². The quantitative estimate of drug-likeness (QED) is 0.870. The van der Waals surface area contributed by atoms with E-state index in [0.717, 1.165) is 17.7 Å². The van der Waals surface area contributed by atoms with E-state index in [1.165, 1.54) is 23.5 Å². The van der Waals surface area contributed by atoms with E-state index >= 15 is 0 Å². The Morgan fingerprint density at radius 3 is 2.62 bits per heavy atom. The van der Waals surface area contributed by atoms with Crippen molar-refractivity contribution in [3.63, 3.8) is 0 Å². The number of hydrogen-bond donors (Lipinski definition) is 1. The first kappa shape index (κ1) is 11.9. The molecule has 1 nitrogen and oxygen atoms in total. The van der Waals surface area contributed by atoms with Gasteiger partial charge in [0.2, 0.25) is 0 Å². The van der Waals surface area contributed by atoms with Crippen LogP contribution in [-0.2, 0) is 6.54 Å². The molecule has 0 amide bonds. The summed E-state index contributed by atoms with van der Waals surface area (Å²) in [6.07, 6.45) is 1.25. The van der Waals surface area contributed by atoms with E-state index in [4.69, 9.17) is 0 Å². The molecule has 16 heavy (non-hydrogen) atoms. The van der Waals surface area contributed by atoms with Crippen LogP contribution in [0.2, 0.25) is 0 Å². The summed E-state index contributed by atoms with van der Waals surface area (Å²) in [6, 6.07) is 4.52. The summed E-state index contributed by atoms with van der Waals surface area (Å²) in [5.74, 6) is 2.40. The maximum Gasteiger partial charge on any atom is 0.129 e. The highest BCUT2D eigenvalue weighted by Gasteiger charge is 2.14. The van der Waals surface area contributed by atoms with Crippen LogP contribution in [0.15, 0.2) is 12.1 Å². The monoisotopic (exact) mass is 239 g/mol. The van der Waals surface area contributed by atoms with Crippen LogP contribution in [0.4, 0.5) is 4.39 Å². The van der Waals surface area contributed by atoms with Crippen LogP contribution >= 0.6 is 11.8 Å². The Kier molecular flexibility index (Phi) is 3.87. The molecule has 1 aliphatic heterocycles. The number of rotatable bonds is 3. The number of halogens is 1. The summed E-state index contributed by atoms with van der Waals surface area (Å²) in [5.41, 5.74) is 2.68. The van der Waals surface area contributed by atoms with Crippen molar-refractivity contribution in [2.75, 3.05) is 11.5 Å². The van der Waals surface area contributed by atoms with Crippen molar-refractivity contribution in [2.45, 2.75) is 32.9 Å². The minimum absolute atomic E-state index is 0.0693. The Hall–Kier alpha value is -0.540. The van der Waals surface area contributed by atoms with Crippen LogP contribution < -0.4 is 5.32 Å². The summed E-state index contributed by atoms with van der Waals surface area (Å²) in [5, 5.41) is 3.53. The number of thioether (sulfide) groups is 1. The smallest absolute Gasteiger partial charge is 0.129 e. The highest BCUT2D eigenvalue weighted by Crippen LogP contribution is 2.18. The van der Waals surface area contributed by atoms with Crippen molar-refractivity contribution in [1.29, 1.82) is 0 Å². The molecule has 1 aromatic carbocycles. The molecule has 0 spiro atoms. The molecular formula is C13H18FNS. The SMILES string of the molecule is Cc1cc(CNC2CCSC2)cc(C)c1F. The standard InChI is InChI=1S/C13H18FNS/c1-9-5-11(6-10(2)13(9)14)7-15-12-3-4-16-8-12/h5-6,12,15H,3-4,7-8H2,1-2H3. The van der Waals surface area contributed by atoms with Gasteiger partial charge in [0.15, 0.2) is 0 Å². The Labute approximate surface area is 101 Å². The summed E-state index contributed by atoms with van der Waals surface area (Å²) in [7, 11) is 0. The number of benzene rings is 1. The van der Waals surface area contributed by atoms with E-state index in [2.05, 4.69) is 5.32 Å². The van der Waals surface area contributed by atoms with Gasteiger partial charge in [-0.3, -0.25) is 0 Å². The molecule has 1 fully saturated rings. The molecule has 1 N–H and O–H groups in total. The minimum atomic E-state index is -0.0693. The first-order valence-corrected chi connectivity index (χ1v) is 6.89. The highest BCUT2D eigenvalue weighted by atomic mass is 32.2. The lowest BCUT2D eigenvalue weighted by Crippen LogP contribution is -2.28. The normalized spacial score (nSPS) is 20.3. The molecular weight excluding hydrogens is 221 g/mol. The van der Waals surface area contributed by atoms with Gasteiger partial charge in [-0.1, -0.05) is 12.1 Å². The summed E-state index contributed by atoms with van der Waals surface area (Å²) in [6.45, 7) is 4.52. The van der Waals surface area contributed by atoms with Gasteiger partial charge in [-0.2, -0.15) is 11.8 Å². The third-order valence-corrected chi connectivity index (χ3v) is 4.18. The van der Waals surface area contributed by atoms with Gasteiger partial charge in [0, 0.05) is 18.3 Å². The van der Waals surface area contributed by atoms with Gasteiger partial charge < -0.3 is 5.32 Å². The van der Waals surface area contributed by atoms with Crippen LogP contribution in [0.3, 0.4) is 0 Å². The van der Waals surface area contributed by atoms with Crippen LogP contribution in [0.1, 0.15) is 23.1 Å². The number of hydrogen-bond acceptors (Lipinski definition) is 2. The van der Waals surface area contributed by atoms with Crippen LogP contribution in [0.5, 0.6) is 0 Å². The van der Waals surface area contributed by atoms with E-state index in [1.807, 2.05) is 37.7 Å². The number of nitrogens with one attached hydrogen (secondary N) is 1. The summed E-state index contributed by atoms with van der Waals surface area (Å²) in [4.78, 5) is 0. The van der Waals surface area contributed by atoms with Gasteiger partial charge in [-0.25, -0.2) is 4.39 Å². The first-order valence-electron chi connectivity index (χ1n) is 5.73. The molecule has 1 saturated heterocycles.